The summed E-state index contributed by atoms with van der Waals surface area (Å²) in [6.45, 7) is 18.9. The fourth-order valence-corrected chi connectivity index (χ4v) is 9.03. The Hall–Kier alpha value is -1.01. The third-order valence-electron chi connectivity index (χ3n) is 12.6. The average Bonchev–Trinajstić information content (AvgIpc) is 3.88. The highest BCUT2D eigenvalue weighted by Gasteiger charge is 2.67. The van der Waals surface area contributed by atoms with E-state index in [1.807, 2.05) is 53.6 Å². The highest BCUT2D eigenvalue weighted by atomic mass is 16.7. The first kappa shape index (κ1) is 43.7. The number of hydrogen-bond acceptors (Lipinski definition) is 14. The molecule has 4 fully saturated rings. The number of nitrogens with one attached hydrogen (secondary N) is 1. The third kappa shape index (κ3) is 8.84. The van der Waals surface area contributed by atoms with E-state index in [0.717, 1.165) is 0 Å². The van der Waals surface area contributed by atoms with Crippen LogP contribution < -0.4 is 5.32 Å². The Morgan fingerprint density at radius 3 is 2.17 bits per heavy atom. The van der Waals surface area contributed by atoms with Gasteiger partial charge in [0.2, 0.25) is 0 Å². The van der Waals surface area contributed by atoms with Crippen LogP contribution in [0.3, 0.4) is 0 Å². The third-order valence-corrected chi connectivity index (χ3v) is 12.6. The monoisotopic (exact) mass is 746 g/mol. The number of cyclic esters (lactones) is 1. The Morgan fingerprint density at radius 2 is 1.62 bits per heavy atom. The van der Waals surface area contributed by atoms with Gasteiger partial charge >= 0.3 is 5.97 Å². The molecule has 4 aliphatic heterocycles. The van der Waals surface area contributed by atoms with E-state index in [0.29, 0.717) is 26.0 Å². The highest BCUT2D eigenvalue weighted by molar-refractivity contribution is 5.73. The number of methoxy groups -OCH3 is 1. The second kappa shape index (κ2) is 16.6. The van der Waals surface area contributed by atoms with Gasteiger partial charge in [-0.3, -0.25) is 4.79 Å². The molecule has 0 aromatic carbocycles. The van der Waals surface area contributed by atoms with Gasteiger partial charge in [0.1, 0.15) is 35.1 Å². The van der Waals surface area contributed by atoms with Crippen LogP contribution in [0.4, 0.5) is 0 Å². The lowest BCUT2D eigenvalue weighted by molar-refractivity contribution is -0.315. The van der Waals surface area contributed by atoms with Crippen molar-refractivity contribution in [3.8, 4) is 0 Å². The largest absolute Gasteiger partial charge is 0.459 e. The molecule has 18 atom stereocenters. The van der Waals surface area contributed by atoms with E-state index in [9.17, 15) is 25.2 Å². The van der Waals surface area contributed by atoms with Crippen molar-refractivity contribution in [2.45, 2.75) is 185 Å². The van der Waals surface area contributed by atoms with Crippen LogP contribution >= 0.6 is 0 Å². The van der Waals surface area contributed by atoms with Gasteiger partial charge in [0.05, 0.1) is 42.5 Å². The molecule has 52 heavy (non-hydrogen) atoms. The Morgan fingerprint density at radius 1 is 0.981 bits per heavy atom. The molecule has 0 aliphatic carbocycles. The molecule has 5 N–H and O–H groups in total. The lowest BCUT2D eigenvalue weighted by Crippen LogP contribution is -2.61. The smallest absolute Gasteiger partial charge is 0.311 e. The zero-order chi connectivity index (χ0) is 39.1. The minimum Gasteiger partial charge on any atom is -0.459 e. The summed E-state index contributed by atoms with van der Waals surface area (Å²) < 4.78 is 44.1. The number of ether oxygens (including phenoxy) is 7. The lowest BCUT2D eigenvalue weighted by Gasteiger charge is -2.49. The predicted octanol–water partition coefficient (Wildman–Crippen LogP) is 1.97. The van der Waals surface area contributed by atoms with Crippen LogP contribution in [-0.4, -0.2) is 155 Å². The van der Waals surface area contributed by atoms with E-state index in [-0.39, 0.29) is 30.9 Å². The van der Waals surface area contributed by atoms with Crippen molar-refractivity contribution in [1.29, 1.82) is 0 Å². The standard InChI is InChI=1S/C38H70N2O12/c1-14-27-37(10,45)31(42)24(6)39-18-20(2)16-35(8,44)32(52-34-29(41)26(40(11)12)15-21(3)48-34)22(4)30(23(5)33(43)50-27)51-28-17-36(9,46-13)38(19-47-38)25(7)49-28/h20-32,34,39,41-42,44-45H,14-19H2,1-13H3/t20-,21-,22+,23-,24-,25+,26+,27-,28+,29-,30+,31-,32-,34-,35-,36-,37-,38+/m1/s1. The molecule has 0 bridgehead atoms. The van der Waals surface area contributed by atoms with Gasteiger partial charge in [-0.15, -0.1) is 0 Å². The molecule has 0 saturated carbocycles. The number of nitrogens with zero attached hydrogens (tertiary/aromatic N) is 1. The maximum atomic E-state index is 14.2. The van der Waals surface area contributed by atoms with Crippen molar-refractivity contribution >= 4 is 5.97 Å². The van der Waals surface area contributed by atoms with Gasteiger partial charge in [0.25, 0.3) is 0 Å². The van der Waals surface area contributed by atoms with Gasteiger partial charge in [0.15, 0.2) is 12.6 Å². The minimum absolute atomic E-state index is 0.139. The lowest BCUT2D eigenvalue weighted by atomic mass is 9.77. The molecule has 4 rings (SSSR count). The first-order valence-electron chi connectivity index (χ1n) is 19.3. The molecule has 0 aromatic rings. The van der Waals surface area contributed by atoms with Crippen LogP contribution in [-0.2, 0) is 38.0 Å². The van der Waals surface area contributed by atoms with Crippen molar-refractivity contribution in [2.75, 3.05) is 34.4 Å². The summed E-state index contributed by atoms with van der Waals surface area (Å²) in [5, 5.41) is 50.2. The van der Waals surface area contributed by atoms with Gasteiger partial charge in [-0.2, -0.15) is 0 Å². The number of epoxide rings is 1. The minimum atomic E-state index is -1.78. The van der Waals surface area contributed by atoms with E-state index < -0.39 is 95.5 Å². The SMILES string of the molecule is CC[C@H]1OC(=O)[C@H](C)[C@@H](O[C@H]2C[C@@](C)(OC)[C@]3(CO3)[C@H](C)O2)[C@H](C)[C@@H](O[C@H]2O[C@H](C)C[C@H](N(C)C)[C@H]2O)[C@](C)(O)C[C@@H](C)CN[C@H](C)[C@@H](O)[C@]1(C)O. The normalized spacial score (nSPS) is 51.5. The topological polar surface area (TPSA) is 181 Å². The van der Waals surface area contributed by atoms with Crippen LogP contribution in [0.15, 0.2) is 0 Å². The second-order valence-corrected chi connectivity index (χ2v) is 17.3. The van der Waals surface area contributed by atoms with Gasteiger partial charge in [-0.05, 0) is 94.3 Å². The summed E-state index contributed by atoms with van der Waals surface area (Å²) in [5.74, 6) is -2.48. The molecule has 0 amide bonds. The molecular formula is C38H70N2O12. The summed E-state index contributed by atoms with van der Waals surface area (Å²) in [5.41, 5.74) is -4.68. The number of carbonyl (C=O) groups excluding carboxylic acids is 1. The summed E-state index contributed by atoms with van der Waals surface area (Å²) in [6.07, 6.45) is -6.51. The van der Waals surface area contributed by atoms with Crippen molar-refractivity contribution in [1.82, 2.24) is 10.2 Å². The molecule has 4 heterocycles. The molecule has 0 unspecified atom stereocenters. The zero-order valence-corrected chi connectivity index (χ0v) is 33.8. The summed E-state index contributed by atoms with van der Waals surface area (Å²) >= 11 is 0. The molecule has 1 spiro atoms. The van der Waals surface area contributed by atoms with Gasteiger partial charge in [-0.25, -0.2) is 0 Å². The number of esters is 1. The van der Waals surface area contributed by atoms with Crippen molar-refractivity contribution in [3.05, 3.63) is 0 Å². The summed E-state index contributed by atoms with van der Waals surface area (Å²) in [6, 6.07) is -0.831. The van der Waals surface area contributed by atoms with Gasteiger partial charge in [0, 0.05) is 31.5 Å². The zero-order valence-electron chi connectivity index (χ0n) is 33.8. The number of carbonyl (C=O) groups is 1. The Labute approximate surface area is 311 Å². The number of rotatable bonds is 7. The Kier molecular flexibility index (Phi) is 14.0. The molecule has 304 valence electrons. The first-order chi connectivity index (χ1) is 24.0. The number of aliphatic hydroxyl groups excluding tert-OH is 2. The fourth-order valence-electron chi connectivity index (χ4n) is 9.03. The van der Waals surface area contributed by atoms with Crippen molar-refractivity contribution in [2.24, 2.45) is 17.8 Å². The molecule has 14 nitrogen and oxygen atoms in total. The molecule has 0 radical (unpaired) electrons. The Bertz CT molecular complexity index is 1180. The van der Waals surface area contributed by atoms with E-state index in [2.05, 4.69) is 5.32 Å². The molecule has 4 aliphatic rings. The summed E-state index contributed by atoms with van der Waals surface area (Å²) in [4.78, 5) is 16.1. The second-order valence-electron chi connectivity index (χ2n) is 17.3. The van der Waals surface area contributed by atoms with Gasteiger partial charge in [-0.1, -0.05) is 20.8 Å². The summed E-state index contributed by atoms with van der Waals surface area (Å²) in [7, 11) is 5.42. The van der Waals surface area contributed by atoms with Crippen LogP contribution in [0.5, 0.6) is 0 Å². The van der Waals surface area contributed by atoms with E-state index in [1.165, 1.54) is 6.92 Å². The quantitative estimate of drug-likeness (QED) is 0.189. The van der Waals surface area contributed by atoms with Crippen molar-refractivity contribution < 1.29 is 58.4 Å². The van der Waals surface area contributed by atoms with Crippen LogP contribution in [0.2, 0.25) is 0 Å². The maximum Gasteiger partial charge on any atom is 0.311 e. The number of aliphatic hydroxyl groups is 4. The average molecular weight is 747 g/mol. The Balaban J connectivity index is 1.79. The fraction of sp³-hybridized carbons (Fsp3) is 0.974. The van der Waals surface area contributed by atoms with Crippen molar-refractivity contribution in [3.63, 3.8) is 0 Å². The van der Waals surface area contributed by atoms with Crippen LogP contribution in [0.25, 0.3) is 0 Å². The first-order valence-corrected chi connectivity index (χ1v) is 19.3. The molecule has 14 heteroatoms. The van der Waals surface area contributed by atoms with Crippen LogP contribution in [0, 0.1) is 17.8 Å². The van der Waals surface area contributed by atoms with Gasteiger partial charge < -0.3 is 63.8 Å². The number of hydrogen-bond donors (Lipinski definition) is 5. The predicted molar refractivity (Wildman–Crippen MR) is 192 cm³/mol. The maximum absolute atomic E-state index is 14.2. The molecular weight excluding hydrogens is 676 g/mol. The number of likely N-dealkylation sites (N-methyl/N-ethyl adjacent to an activating group) is 1. The van der Waals surface area contributed by atoms with Crippen LogP contribution in [0.1, 0.15) is 94.9 Å². The molecule has 0 aromatic heterocycles. The van der Waals surface area contributed by atoms with E-state index >= 15 is 0 Å². The van der Waals surface area contributed by atoms with E-state index in [1.54, 1.807) is 34.8 Å². The van der Waals surface area contributed by atoms with E-state index in [4.69, 9.17) is 33.2 Å². The molecule has 4 saturated heterocycles. The highest BCUT2D eigenvalue weighted by Crippen LogP contribution is 2.51.